The topological polar surface area (TPSA) is 50.3 Å². The third kappa shape index (κ3) is 6.41. The van der Waals surface area contributed by atoms with Crippen molar-refractivity contribution in [3.8, 4) is 0 Å². The summed E-state index contributed by atoms with van der Waals surface area (Å²) in [5.41, 5.74) is 0. The number of nitrogens with zero attached hydrogens (tertiary/aromatic N) is 3. The Hall–Kier alpha value is -0.910. The molecule has 0 radical (unpaired) electrons. The minimum Gasteiger partial charge on any atom is -0.378 e. The van der Waals surface area contributed by atoms with Crippen molar-refractivity contribution in [2.75, 3.05) is 45.7 Å². The predicted molar refractivity (Wildman–Crippen MR) is 69.6 cm³/mol. The molecule has 1 rings (SSSR count). The van der Waals surface area contributed by atoms with Gasteiger partial charge in [0, 0.05) is 19.2 Å². The fraction of sp³-hybridized carbons (Fsp3) is 0.636. The highest BCUT2D eigenvalue weighted by molar-refractivity contribution is 6.29. The molecule has 5 nitrogen and oxygen atoms in total. The van der Waals surface area contributed by atoms with E-state index in [1.807, 2.05) is 21.0 Å². The van der Waals surface area contributed by atoms with Crippen molar-refractivity contribution < 1.29 is 4.74 Å². The fourth-order valence-electron chi connectivity index (χ4n) is 1.22. The van der Waals surface area contributed by atoms with Crippen LogP contribution in [0.5, 0.6) is 0 Å². The molecule has 0 aliphatic heterocycles. The van der Waals surface area contributed by atoms with Gasteiger partial charge in [-0.1, -0.05) is 11.6 Å². The monoisotopic (exact) mass is 258 g/mol. The Balaban J connectivity index is 2.18. The molecule has 1 heterocycles. The van der Waals surface area contributed by atoms with Crippen LogP contribution in [0.25, 0.3) is 0 Å². The van der Waals surface area contributed by atoms with E-state index in [4.69, 9.17) is 16.3 Å². The Morgan fingerprint density at radius 3 is 2.76 bits per heavy atom. The normalized spacial score (nSPS) is 10.9. The van der Waals surface area contributed by atoms with E-state index in [-0.39, 0.29) is 0 Å². The Kier molecular flexibility index (Phi) is 6.18. The number of aryl methyl sites for hydroxylation is 1. The van der Waals surface area contributed by atoms with Gasteiger partial charge in [-0.05, 0) is 21.0 Å². The van der Waals surface area contributed by atoms with Crippen LogP contribution >= 0.6 is 11.6 Å². The second-order valence-electron chi connectivity index (χ2n) is 3.97. The third-order valence-electron chi connectivity index (χ3n) is 2.04. The van der Waals surface area contributed by atoms with Gasteiger partial charge in [-0.15, -0.1) is 0 Å². The molecule has 1 N–H and O–H groups in total. The summed E-state index contributed by atoms with van der Waals surface area (Å²) in [6.07, 6.45) is 0. The molecule has 0 spiro atoms. The molecule has 0 amide bonds. The zero-order valence-corrected chi connectivity index (χ0v) is 11.3. The highest BCUT2D eigenvalue weighted by atomic mass is 35.5. The van der Waals surface area contributed by atoms with Crippen molar-refractivity contribution >= 4 is 17.4 Å². The molecule has 0 aliphatic rings. The molecule has 0 aromatic carbocycles. The smallest absolute Gasteiger partial charge is 0.134 e. The van der Waals surface area contributed by atoms with Crippen molar-refractivity contribution in [1.82, 2.24) is 14.9 Å². The lowest BCUT2D eigenvalue weighted by Crippen LogP contribution is -2.20. The number of ether oxygens (including phenoxy) is 1. The quantitative estimate of drug-likeness (QED) is 0.592. The Labute approximate surface area is 107 Å². The molecule has 0 unspecified atom stereocenters. The zero-order valence-electron chi connectivity index (χ0n) is 10.5. The maximum atomic E-state index is 5.82. The predicted octanol–water partition coefficient (Wildman–Crippen LogP) is 1.43. The van der Waals surface area contributed by atoms with Crippen molar-refractivity contribution in [3.63, 3.8) is 0 Å². The summed E-state index contributed by atoms with van der Waals surface area (Å²) in [5.74, 6) is 1.40. The summed E-state index contributed by atoms with van der Waals surface area (Å²) < 4.78 is 5.45. The van der Waals surface area contributed by atoms with E-state index in [0.717, 1.165) is 19.0 Å². The number of halogens is 1. The Morgan fingerprint density at radius 1 is 1.35 bits per heavy atom. The SMILES string of the molecule is Cc1nc(Cl)cc(NCCOCCN(C)C)n1. The molecule has 0 bridgehead atoms. The van der Waals surface area contributed by atoms with Crippen LogP contribution < -0.4 is 5.32 Å². The van der Waals surface area contributed by atoms with Crippen LogP contribution in [0.2, 0.25) is 5.15 Å². The number of nitrogens with one attached hydrogen (secondary N) is 1. The van der Waals surface area contributed by atoms with Gasteiger partial charge in [0.1, 0.15) is 16.8 Å². The molecule has 17 heavy (non-hydrogen) atoms. The zero-order chi connectivity index (χ0) is 12.7. The van der Waals surface area contributed by atoms with Gasteiger partial charge in [-0.25, -0.2) is 9.97 Å². The third-order valence-corrected chi connectivity index (χ3v) is 2.24. The van der Waals surface area contributed by atoms with Crippen LogP contribution in [-0.4, -0.2) is 55.3 Å². The molecule has 6 heteroatoms. The van der Waals surface area contributed by atoms with Crippen LogP contribution in [-0.2, 0) is 4.74 Å². The second kappa shape index (κ2) is 7.42. The first-order valence-corrected chi connectivity index (χ1v) is 5.93. The average molecular weight is 259 g/mol. The van der Waals surface area contributed by atoms with E-state index < -0.39 is 0 Å². The summed E-state index contributed by atoms with van der Waals surface area (Å²) >= 11 is 5.82. The molecular weight excluding hydrogens is 240 g/mol. The van der Waals surface area contributed by atoms with Crippen molar-refractivity contribution in [3.05, 3.63) is 17.0 Å². The van der Waals surface area contributed by atoms with Gasteiger partial charge in [0.15, 0.2) is 0 Å². The van der Waals surface area contributed by atoms with E-state index in [2.05, 4.69) is 20.2 Å². The molecule has 0 saturated heterocycles. The minimum absolute atomic E-state index is 0.452. The Bertz CT molecular complexity index is 326. The lowest BCUT2D eigenvalue weighted by atomic mass is 10.5. The molecule has 1 aromatic rings. The number of rotatable bonds is 7. The van der Waals surface area contributed by atoms with Gasteiger partial charge in [0.25, 0.3) is 0 Å². The maximum Gasteiger partial charge on any atom is 0.134 e. The average Bonchev–Trinajstić information content (AvgIpc) is 2.21. The van der Waals surface area contributed by atoms with Crippen molar-refractivity contribution in [1.29, 1.82) is 0 Å². The lowest BCUT2D eigenvalue weighted by Gasteiger charge is -2.10. The molecule has 0 atom stereocenters. The fourth-order valence-corrected chi connectivity index (χ4v) is 1.45. The number of anilines is 1. The first-order chi connectivity index (χ1) is 8.08. The van der Waals surface area contributed by atoms with Crippen LogP contribution in [0.1, 0.15) is 5.82 Å². The number of aromatic nitrogens is 2. The van der Waals surface area contributed by atoms with Gasteiger partial charge in [-0.2, -0.15) is 0 Å². The van der Waals surface area contributed by atoms with E-state index in [1.54, 1.807) is 6.07 Å². The summed E-state index contributed by atoms with van der Waals surface area (Å²) in [6, 6.07) is 1.70. The van der Waals surface area contributed by atoms with E-state index >= 15 is 0 Å². The molecule has 0 saturated carbocycles. The number of likely N-dealkylation sites (N-methyl/N-ethyl adjacent to an activating group) is 1. The van der Waals surface area contributed by atoms with Gasteiger partial charge in [-0.3, -0.25) is 0 Å². The number of hydrogen-bond donors (Lipinski definition) is 1. The summed E-state index contributed by atoms with van der Waals surface area (Å²) in [6.45, 7) is 4.83. The van der Waals surface area contributed by atoms with Crippen LogP contribution in [0, 0.1) is 6.92 Å². The first-order valence-electron chi connectivity index (χ1n) is 5.55. The molecule has 0 fully saturated rings. The van der Waals surface area contributed by atoms with Crippen LogP contribution in [0.4, 0.5) is 5.82 Å². The number of hydrogen-bond acceptors (Lipinski definition) is 5. The lowest BCUT2D eigenvalue weighted by molar-refractivity contribution is 0.126. The summed E-state index contributed by atoms with van der Waals surface area (Å²) in [5, 5.41) is 3.59. The van der Waals surface area contributed by atoms with Crippen LogP contribution in [0.15, 0.2) is 6.07 Å². The van der Waals surface area contributed by atoms with Gasteiger partial charge < -0.3 is 15.0 Å². The minimum atomic E-state index is 0.452. The van der Waals surface area contributed by atoms with Gasteiger partial charge in [0.05, 0.1) is 13.2 Å². The Morgan fingerprint density at radius 2 is 2.12 bits per heavy atom. The highest BCUT2D eigenvalue weighted by Gasteiger charge is 1.99. The maximum absolute atomic E-state index is 5.82. The largest absolute Gasteiger partial charge is 0.378 e. The van der Waals surface area contributed by atoms with Crippen molar-refractivity contribution in [2.45, 2.75) is 6.92 Å². The molecule has 1 aromatic heterocycles. The van der Waals surface area contributed by atoms with Crippen LogP contribution in [0.3, 0.4) is 0 Å². The molecular formula is C11H19ClN4O. The van der Waals surface area contributed by atoms with Gasteiger partial charge >= 0.3 is 0 Å². The summed E-state index contributed by atoms with van der Waals surface area (Å²) in [4.78, 5) is 10.3. The van der Waals surface area contributed by atoms with E-state index in [0.29, 0.717) is 24.1 Å². The molecule has 96 valence electrons. The highest BCUT2D eigenvalue weighted by Crippen LogP contribution is 2.10. The van der Waals surface area contributed by atoms with Gasteiger partial charge in [0.2, 0.25) is 0 Å². The standard InChI is InChI=1S/C11H19ClN4O/c1-9-14-10(12)8-11(15-9)13-4-6-17-7-5-16(2)3/h8H,4-7H2,1-3H3,(H,13,14,15). The van der Waals surface area contributed by atoms with E-state index in [9.17, 15) is 0 Å². The molecule has 0 aliphatic carbocycles. The van der Waals surface area contributed by atoms with E-state index in [1.165, 1.54) is 0 Å². The van der Waals surface area contributed by atoms with Crippen molar-refractivity contribution in [2.24, 2.45) is 0 Å². The second-order valence-corrected chi connectivity index (χ2v) is 4.35. The summed E-state index contributed by atoms with van der Waals surface area (Å²) in [7, 11) is 4.04. The first kappa shape index (κ1) is 14.2.